The average molecular weight is 549 g/mol. The number of pyridine rings is 1. The number of hydrogen-bond donors (Lipinski definition) is 4. The minimum Gasteiger partial charge on any atom is -0.491 e. The highest BCUT2D eigenvalue weighted by Crippen LogP contribution is 2.42. The van der Waals surface area contributed by atoms with Crippen LogP contribution in [0.15, 0.2) is 58.9 Å². The topological polar surface area (TPSA) is 142 Å². The zero-order valence-corrected chi connectivity index (χ0v) is 21.4. The molecule has 12 heteroatoms. The van der Waals surface area contributed by atoms with E-state index in [1.54, 1.807) is 42.5 Å². The molecule has 0 amide bonds. The summed E-state index contributed by atoms with van der Waals surface area (Å²) in [4.78, 5) is 12.3. The predicted octanol–water partition coefficient (Wildman–Crippen LogP) is 5.12. The molecule has 5 N–H and O–H groups in total. The molecule has 192 valence electrons. The van der Waals surface area contributed by atoms with Crippen molar-refractivity contribution >= 4 is 45.4 Å². The van der Waals surface area contributed by atoms with Crippen molar-refractivity contribution in [2.75, 3.05) is 24.3 Å². The van der Waals surface area contributed by atoms with E-state index in [2.05, 4.69) is 26.2 Å². The summed E-state index contributed by atoms with van der Waals surface area (Å²) >= 11 is 2.58. The molecule has 4 rings (SSSR count). The van der Waals surface area contributed by atoms with Crippen molar-refractivity contribution in [1.29, 1.82) is 5.26 Å². The number of benzene rings is 2. The first-order valence-electron chi connectivity index (χ1n) is 11.2. The summed E-state index contributed by atoms with van der Waals surface area (Å²) in [6, 6.07) is 15.1. The Labute approximate surface area is 226 Å². The fraction of sp³-hybridized carbons (Fsp3) is 0.154. The number of hydrogen-bond acceptors (Lipinski definition) is 10. The van der Waals surface area contributed by atoms with Crippen molar-refractivity contribution in [2.45, 2.75) is 16.9 Å². The Bertz CT molecular complexity index is 1520. The molecule has 0 aliphatic carbocycles. The Kier molecular flexibility index (Phi) is 8.73. The summed E-state index contributed by atoms with van der Waals surface area (Å²) in [5, 5.41) is 34.1. The first-order chi connectivity index (χ1) is 18.4. The van der Waals surface area contributed by atoms with Crippen LogP contribution in [0.25, 0.3) is 16.0 Å². The molecule has 0 aliphatic rings. The third-order valence-corrected chi connectivity index (χ3v) is 7.02. The summed E-state index contributed by atoms with van der Waals surface area (Å²) in [6.07, 6.45) is -1.00. The Balaban J connectivity index is 1.56. The molecule has 0 saturated heterocycles. The molecule has 0 fully saturated rings. The van der Waals surface area contributed by atoms with E-state index in [9.17, 15) is 14.8 Å². The number of ether oxygens (including phenoxy) is 1. The van der Waals surface area contributed by atoms with Gasteiger partial charge in [-0.1, -0.05) is 36.0 Å². The number of thioether (sulfide) groups is 1. The van der Waals surface area contributed by atoms with Crippen LogP contribution in [-0.2, 0) is 5.75 Å². The number of anilines is 3. The molecule has 2 aromatic carbocycles. The van der Waals surface area contributed by atoms with Crippen molar-refractivity contribution in [1.82, 2.24) is 9.97 Å². The van der Waals surface area contributed by atoms with Gasteiger partial charge in [0.25, 0.3) is 0 Å². The second-order valence-electron chi connectivity index (χ2n) is 7.83. The molecule has 38 heavy (non-hydrogen) atoms. The van der Waals surface area contributed by atoms with Gasteiger partial charge in [0.05, 0.1) is 30.1 Å². The van der Waals surface area contributed by atoms with Gasteiger partial charge in [-0.25, -0.2) is 19.2 Å². The molecule has 0 unspecified atom stereocenters. The lowest BCUT2D eigenvalue weighted by molar-refractivity contribution is 0.0536. The Morgan fingerprint density at radius 3 is 2.68 bits per heavy atom. The monoisotopic (exact) mass is 548 g/mol. The Morgan fingerprint density at radius 1 is 1.24 bits per heavy atom. The first kappa shape index (κ1) is 26.9. The molecular formula is C26H21FN6O3S2. The van der Waals surface area contributed by atoms with Gasteiger partial charge < -0.3 is 26.0 Å². The lowest BCUT2D eigenvalue weighted by Gasteiger charge is -2.14. The number of nitriles is 1. The van der Waals surface area contributed by atoms with E-state index in [-0.39, 0.29) is 29.5 Å². The number of nitrogens with two attached hydrogens (primary N) is 1. The van der Waals surface area contributed by atoms with Crippen LogP contribution in [0.5, 0.6) is 5.75 Å². The summed E-state index contributed by atoms with van der Waals surface area (Å²) in [6.45, 7) is 7.11. The number of nitrogens with zero attached hydrogens (tertiary/aromatic N) is 4. The van der Waals surface area contributed by atoms with E-state index in [1.165, 1.54) is 29.2 Å². The van der Waals surface area contributed by atoms with E-state index >= 15 is 0 Å². The van der Waals surface area contributed by atoms with Crippen molar-refractivity contribution in [3.8, 4) is 22.9 Å². The highest BCUT2D eigenvalue weighted by atomic mass is 32.2. The smallest absolute Gasteiger partial charge is 0.236 e. The predicted molar refractivity (Wildman–Crippen MR) is 145 cm³/mol. The minimum absolute atomic E-state index is 0.00285. The van der Waals surface area contributed by atoms with Crippen molar-refractivity contribution in [3.63, 3.8) is 0 Å². The molecule has 2 heterocycles. The summed E-state index contributed by atoms with van der Waals surface area (Å²) in [7, 11) is 0. The SMILES string of the molecule is [C-]#[N+]c1c(N)nc(SCc2csc(Nc3ccccc3F)n2)c(C#N)c1-c1ccc(OC[C@@H](O)CO)cc1. The fourth-order valence-corrected chi connectivity index (χ4v) is 5.10. The molecule has 0 saturated carbocycles. The standard InChI is InChI=1S/C26H21FN6O3S2/c1-30-23-22(15-6-8-18(9-7-15)36-12-17(35)11-34)19(10-28)25(33-24(23)29)37-13-16-14-38-26(31-16)32-21-5-3-2-4-20(21)27/h2-9,14,17,34-35H,11-13H2,(H2,29,33)(H,31,32)/t17-/m0/s1. The third-order valence-electron chi connectivity index (χ3n) is 5.21. The van der Waals surface area contributed by atoms with Crippen molar-refractivity contribution in [3.05, 3.63) is 82.4 Å². The maximum absolute atomic E-state index is 13.9. The molecule has 0 radical (unpaired) electrons. The van der Waals surface area contributed by atoms with Gasteiger partial charge in [-0.3, -0.25) is 0 Å². The Morgan fingerprint density at radius 2 is 2.00 bits per heavy atom. The summed E-state index contributed by atoms with van der Waals surface area (Å²) < 4.78 is 19.4. The maximum Gasteiger partial charge on any atom is 0.236 e. The molecule has 0 spiro atoms. The number of para-hydroxylation sites is 1. The van der Waals surface area contributed by atoms with Gasteiger partial charge in [0.1, 0.15) is 41.2 Å². The number of aliphatic hydroxyl groups excluding tert-OH is 2. The van der Waals surface area contributed by atoms with E-state index in [4.69, 9.17) is 22.1 Å². The molecular weight excluding hydrogens is 527 g/mol. The van der Waals surface area contributed by atoms with Crippen LogP contribution in [0.2, 0.25) is 0 Å². The molecule has 4 aromatic rings. The van der Waals surface area contributed by atoms with E-state index in [0.29, 0.717) is 44.2 Å². The quantitative estimate of drug-likeness (QED) is 0.157. The van der Waals surface area contributed by atoms with Crippen LogP contribution in [0.1, 0.15) is 11.3 Å². The first-order valence-corrected chi connectivity index (χ1v) is 13.0. The molecule has 1 atom stereocenters. The lowest BCUT2D eigenvalue weighted by Crippen LogP contribution is -2.21. The van der Waals surface area contributed by atoms with Crippen molar-refractivity contribution < 1.29 is 19.3 Å². The number of nitrogen functional groups attached to an aromatic ring is 1. The largest absolute Gasteiger partial charge is 0.491 e. The van der Waals surface area contributed by atoms with Gasteiger partial charge in [0.15, 0.2) is 5.13 Å². The Hall–Kier alpha value is -4.20. The van der Waals surface area contributed by atoms with Gasteiger partial charge in [-0.15, -0.1) is 11.3 Å². The number of aromatic nitrogens is 2. The maximum atomic E-state index is 13.9. The third kappa shape index (κ3) is 6.19. The van der Waals surface area contributed by atoms with Crippen LogP contribution in [0.3, 0.4) is 0 Å². The van der Waals surface area contributed by atoms with Gasteiger partial charge in [0, 0.05) is 16.7 Å². The van der Waals surface area contributed by atoms with E-state index < -0.39 is 12.7 Å². The van der Waals surface area contributed by atoms with Crippen LogP contribution >= 0.6 is 23.1 Å². The molecule has 0 bridgehead atoms. The lowest BCUT2D eigenvalue weighted by atomic mass is 10.00. The second kappa shape index (κ2) is 12.4. The average Bonchev–Trinajstić information content (AvgIpc) is 3.39. The molecule has 0 aliphatic heterocycles. The van der Waals surface area contributed by atoms with Crippen LogP contribution < -0.4 is 15.8 Å². The number of nitrogens with one attached hydrogen (secondary N) is 1. The summed E-state index contributed by atoms with van der Waals surface area (Å²) in [5.74, 6) is 0.437. The molecule has 2 aromatic heterocycles. The van der Waals surface area contributed by atoms with Crippen molar-refractivity contribution in [2.24, 2.45) is 0 Å². The van der Waals surface area contributed by atoms with Gasteiger partial charge in [-0.05, 0) is 29.8 Å². The number of thiazole rings is 1. The summed E-state index contributed by atoms with van der Waals surface area (Å²) in [5.41, 5.74) is 8.34. The number of halogens is 1. The number of aliphatic hydroxyl groups is 2. The zero-order chi connectivity index (χ0) is 27.1. The molecule has 9 nitrogen and oxygen atoms in total. The zero-order valence-electron chi connectivity index (χ0n) is 19.8. The van der Waals surface area contributed by atoms with Crippen LogP contribution in [0, 0.1) is 23.7 Å². The van der Waals surface area contributed by atoms with Crippen LogP contribution in [0.4, 0.5) is 26.7 Å². The highest BCUT2D eigenvalue weighted by molar-refractivity contribution is 7.98. The van der Waals surface area contributed by atoms with Gasteiger partial charge in [-0.2, -0.15) is 5.26 Å². The van der Waals surface area contributed by atoms with Crippen LogP contribution in [-0.4, -0.2) is 39.5 Å². The van der Waals surface area contributed by atoms with Gasteiger partial charge >= 0.3 is 0 Å². The normalized spacial score (nSPS) is 11.4. The minimum atomic E-state index is -1.00. The number of rotatable bonds is 10. The second-order valence-corrected chi connectivity index (χ2v) is 9.66. The van der Waals surface area contributed by atoms with E-state index in [0.717, 1.165) is 0 Å². The van der Waals surface area contributed by atoms with E-state index in [1.807, 2.05) is 5.38 Å². The fourth-order valence-electron chi connectivity index (χ4n) is 3.39. The van der Waals surface area contributed by atoms with Gasteiger partial charge in [0.2, 0.25) is 5.69 Å². The highest BCUT2D eigenvalue weighted by Gasteiger charge is 2.21.